The van der Waals surface area contributed by atoms with Gasteiger partial charge in [0.05, 0.1) is 12.2 Å². The van der Waals surface area contributed by atoms with E-state index < -0.39 is 0 Å². The highest BCUT2D eigenvalue weighted by Gasteiger charge is 2.24. The van der Waals surface area contributed by atoms with E-state index in [0.717, 1.165) is 24.8 Å². The van der Waals surface area contributed by atoms with Crippen molar-refractivity contribution in [2.24, 2.45) is 5.92 Å². The first-order valence-electron chi connectivity index (χ1n) is 9.79. The Bertz CT molecular complexity index is 958. The van der Waals surface area contributed by atoms with E-state index in [9.17, 15) is 14.4 Å². The summed E-state index contributed by atoms with van der Waals surface area (Å²) in [6.07, 6.45) is 5.77. The summed E-state index contributed by atoms with van der Waals surface area (Å²) in [5, 5.41) is 17.3. The van der Waals surface area contributed by atoms with Crippen molar-refractivity contribution >= 4 is 23.6 Å². The van der Waals surface area contributed by atoms with E-state index >= 15 is 0 Å². The number of hydrogen-bond acceptors (Lipinski definition) is 3. The van der Waals surface area contributed by atoms with Gasteiger partial charge in [-0.3, -0.25) is 4.79 Å². The number of rotatable bonds is 5. The summed E-state index contributed by atoms with van der Waals surface area (Å²) in [6, 6.07) is 8.16. The Morgan fingerprint density at radius 2 is 2.07 bits per heavy atom. The van der Waals surface area contributed by atoms with Crippen LogP contribution < -0.4 is 5.32 Å². The van der Waals surface area contributed by atoms with E-state index in [-0.39, 0.29) is 23.3 Å². The minimum atomic E-state index is -0.381. The monoisotopic (exact) mass is 414 g/mol. The van der Waals surface area contributed by atoms with Crippen LogP contribution in [0.3, 0.4) is 0 Å². The zero-order valence-electron chi connectivity index (χ0n) is 16.6. The molecule has 1 heterocycles. The molecule has 29 heavy (non-hydrogen) atoms. The molecule has 1 fully saturated rings. The highest BCUT2D eigenvalue weighted by atomic mass is 35.5. The van der Waals surface area contributed by atoms with Gasteiger partial charge in [-0.2, -0.15) is 10.4 Å². The molecule has 7 heteroatoms. The zero-order valence-corrected chi connectivity index (χ0v) is 17.3. The van der Waals surface area contributed by atoms with Gasteiger partial charge in [-0.1, -0.05) is 43.5 Å². The quantitative estimate of drug-likeness (QED) is 0.572. The van der Waals surface area contributed by atoms with Gasteiger partial charge < -0.3 is 5.32 Å². The predicted molar refractivity (Wildman–Crippen MR) is 111 cm³/mol. The number of nitrogens with zero attached hydrogens (tertiary/aromatic N) is 3. The number of aryl methyl sites for hydroxylation is 1. The van der Waals surface area contributed by atoms with E-state index in [0.29, 0.717) is 28.9 Å². The first kappa shape index (κ1) is 21.1. The molecule has 1 amide bonds. The molecule has 1 aromatic carbocycles. The molecular weight excluding hydrogens is 391 g/mol. The number of hydrogen-bond donors (Lipinski definition) is 1. The molecule has 0 radical (unpaired) electrons. The molecule has 3 rings (SSSR count). The smallest absolute Gasteiger partial charge is 0.262 e. The van der Waals surface area contributed by atoms with Gasteiger partial charge in [0.1, 0.15) is 22.6 Å². The van der Waals surface area contributed by atoms with Gasteiger partial charge in [-0.15, -0.1) is 0 Å². The Hall–Kier alpha value is -2.65. The van der Waals surface area contributed by atoms with Crippen molar-refractivity contribution in [2.75, 3.05) is 0 Å². The summed E-state index contributed by atoms with van der Waals surface area (Å²) in [7, 11) is 0. The number of benzene rings is 1. The molecule has 2 aromatic rings. The minimum absolute atomic E-state index is 0.00843. The fourth-order valence-corrected chi connectivity index (χ4v) is 3.96. The molecule has 0 spiro atoms. The Morgan fingerprint density at radius 1 is 1.38 bits per heavy atom. The first-order valence-corrected chi connectivity index (χ1v) is 10.2. The summed E-state index contributed by atoms with van der Waals surface area (Å²) in [5.74, 6) is -0.290. The number of nitriles is 1. The number of nitrogens with one attached hydrogen (secondary N) is 1. The van der Waals surface area contributed by atoms with Gasteiger partial charge in [0.2, 0.25) is 0 Å². The molecule has 152 valence electrons. The van der Waals surface area contributed by atoms with Crippen LogP contribution in [0.4, 0.5) is 4.39 Å². The topological polar surface area (TPSA) is 70.7 Å². The highest BCUT2D eigenvalue weighted by molar-refractivity contribution is 6.31. The number of carbonyl (C=O) groups is 1. The predicted octanol–water partition coefficient (Wildman–Crippen LogP) is 4.63. The second-order valence-electron chi connectivity index (χ2n) is 7.59. The lowest BCUT2D eigenvalue weighted by molar-refractivity contribution is -0.118. The van der Waals surface area contributed by atoms with Crippen LogP contribution in [0.1, 0.15) is 49.4 Å². The molecule has 0 aliphatic heterocycles. The second-order valence-corrected chi connectivity index (χ2v) is 7.94. The summed E-state index contributed by atoms with van der Waals surface area (Å²) in [5.41, 5.74) is 2.01. The zero-order chi connectivity index (χ0) is 21.0. The average Bonchev–Trinajstić information content (AvgIpc) is 2.96. The van der Waals surface area contributed by atoms with Crippen molar-refractivity contribution in [2.45, 2.75) is 52.1 Å². The van der Waals surface area contributed by atoms with Gasteiger partial charge >= 0.3 is 0 Å². The Balaban J connectivity index is 1.80. The summed E-state index contributed by atoms with van der Waals surface area (Å²) < 4.78 is 14.7. The third kappa shape index (κ3) is 5.04. The van der Waals surface area contributed by atoms with E-state index in [1.165, 1.54) is 24.6 Å². The number of amides is 1. The van der Waals surface area contributed by atoms with Crippen molar-refractivity contribution in [3.63, 3.8) is 0 Å². The van der Waals surface area contributed by atoms with E-state index in [2.05, 4.69) is 17.3 Å². The second kappa shape index (κ2) is 9.23. The normalized spacial score (nSPS) is 19.6. The molecule has 0 unspecified atom stereocenters. The van der Waals surface area contributed by atoms with Gasteiger partial charge in [0.15, 0.2) is 0 Å². The van der Waals surface area contributed by atoms with Crippen LogP contribution in [0, 0.1) is 30.0 Å². The van der Waals surface area contributed by atoms with E-state index in [1.807, 2.05) is 6.07 Å². The summed E-state index contributed by atoms with van der Waals surface area (Å²) in [4.78, 5) is 12.6. The van der Waals surface area contributed by atoms with Crippen LogP contribution in [0.25, 0.3) is 6.08 Å². The van der Waals surface area contributed by atoms with Crippen LogP contribution >= 0.6 is 11.6 Å². The molecule has 1 aliphatic rings. The third-order valence-corrected chi connectivity index (χ3v) is 5.84. The number of halogens is 2. The van der Waals surface area contributed by atoms with E-state index in [1.54, 1.807) is 23.7 Å². The van der Waals surface area contributed by atoms with Crippen LogP contribution in [0.2, 0.25) is 5.15 Å². The van der Waals surface area contributed by atoms with Gasteiger partial charge in [-0.25, -0.2) is 9.07 Å². The maximum atomic E-state index is 13.1. The molecule has 1 saturated carbocycles. The fraction of sp³-hybridized carbons (Fsp3) is 0.409. The van der Waals surface area contributed by atoms with Crippen LogP contribution in [-0.2, 0) is 11.3 Å². The lowest BCUT2D eigenvalue weighted by atomic mass is 9.86. The maximum absolute atomic E-state index is 13.1. The molecular formula is C22H24ClFN4O. The standard InChI is InChI=1S/C22H24ClFN4O/c1-14-5-3-4-6-20(14)26-22(29)17(12-25)11-19-15(2)27-28(21(19)23)13-16-7-9-18(24)10-8-16/h7-11,14,20H,3-6,13H2,1-2H3,(H,26,29)/b17-11+/t14-,20+/m1/s1. The van der Waals surface area contributed by atoms with Crippen molar-refractivity contribution in [1.82, 2.24) is 15.1 Å². The SMILES string of the molecule is Cc1nn(Cc2ccc(F)cc2)c(Cl)c1/C=C(\C#N)C(=O)N[C@H]1CCCC[C@H]1C. The van der Waals surface area contributed by atoms with Crippen LogP contribution in [0.15, 0.2) is 29.8 Å². The van der Waals surface area contributed by atoms with E-state index in [4.69, 9.17) is 11.6 Å². The van der Waals surface area contributed by atoms with Crippen molar-refractivity contribution < 1.29 is 9.18 Å². The van der Waals surface area contributed by atoms with Crippen LogP contribution in [-0.4, -0.2) is 21.7 Å². The van der Waals surface area contributed by atoms with Gasteiger partial charge in [0.25, 0.3) is 5.91 Å². The highest BCUT2D eigenvalue weighted by Crippen LogP contribution is 2.26. The molecule has 0 saturated heterocycles. The van der Waals surface area contributed by atoms with Crippen molar-refractivity contribution in [1.29, 1.82) is 5.26 Å². The number of aromatic nitrogens is 2. The Kier molecular flexibility index (Phi) is 6.71. The number of carbonyl (C=O) groups excluding carboxylic acids is 1. The van der Waals surface area contributed by atoms with Gasteiger partial charge in [0, 0.05) is 11.6 Å². The Morgan fingerprint density at radius 3 is 2.72 bits per heavy atom. The largest absolute Gasteiger partial charge is 0.348 e. The maximum Gasteiger partial charge on any atom is 0.262 e. The third-order valence-electron chi connectivity index (χ3n) is 5.44. The average molecular weight is 415 g/mol. The molecule has 1 aliphatic carbocycles. The van der Waals surface area contributed by atoms with Crippen molar-refractivity contribution in [3.05, 3.63) is 57.6 Å². The Labute approximate surface area is 175 Å². The minimum Gasteiger partial charge on any atom is -0.348 e. The molecule has 0 bridgehead atoms. The fourth-order valence-electron chi connectivity index (χ4n) is 3.67. The summed E-state index contributed by atoms with van der Waals surface area (Å²) >= 11 is 6.47. The summed E-state index contributed by atoms with van der Waals surface area (Å²) in [6.45, 7) is 4.26. The first-order chi connectivity index (χ1) is 13.9. The van der Waals surface area contributed by atoms with Crippen molar-refractivity contribution in [3.8, 4) is 6.07 Å². The molecule has 2 atom stereocenters. The molecule has 1 aromatic heterocycles. The van der Waals surface area contributed by atoms with Crippen LogP contribution in [0.5, 0.6) is 0 Å². The lowest BCUT2D eigenvalue weighted by Crippen LogP contribution is -2.41. The molecule has 1 N–H and O–H groups in total. The van der Waals surface area contributed by atoms with Gasteiger partial charge in [-0.05, 0) is 49.5 Å². The molecule has 5 nitrogen and oxygen atoms in total. The lowest BCUT2D eigenvalue weighted by Gasteiger charge is -2.29.